The van der Waals surface area contributed by atoms with Crippen LogP contribution in [0.1, 0.15) is 0 Å². The molecular formula is C18H18N4O4. The minimum absolute atomic E-state index is 0.441. The lowest BCUT2D eigenvalue weighted by molar-refractivity contribution is 0.210. The number of nitrogens with one attached hydrogen (secondary N) is 2. The molecule has 0 aliphatic carbocycles. The van der Waals surface area contributed by atoms with Gasteiger partial charge in [-0.1, -0.05) is 12.1 Å². The van der Waals surface area contributed by atoms with Crippen LogP contribution in [0.15, 0.2) is 36.4 Å². The highest BCUT2D eigenvalue weighted by molar-refractivity contribution is 5.96. The number of aromatic nitrogens is 2. The predicted octanol–water partition coefficient (Wildman–Crippen LogP) is 3.45. The third-order valence-electron chi connectivity index (χ3n) is 3.81. The van der Waals surface area contributed by atoms with Crippen LogP contribution in [0.5, 0.6) is 11.5 Å². The number of anilines is 2. The van der Waals surface area contributed by atoms with Gasteiger partial charge >= 0.3 is 6.09 Å². The molecule has 0 aliphatic rings. The molecule has 0 saturated carbocycles. The van der Waals surface area contributed by atoms with E-state index in [1.807, 2.05) is 6.07 Å². The fraction of sp³-hybridized carbons (Fsp3) is 0.167. The molecule has 0 radical (unpaired) electrons. The van der Waals surface area contributed by atoms with E-state index in [1.165, 1.54) is 0 Å². The molecule has 1 heterocycles. The number of ether oxygens (including phenoxy) is 2. The van der Waals surface area contributed by atoms with E-state index in [0.717, 1.165) is 10.9 Å². The largest absolute Gasteiger partial charge is 0.493 e. The SMILES string of the molecule is CNc1nc(-c2cccc(NC(=O)O)c2)c2cc(OC)c(OC)cc2n1. The lowest BCUT2D eigenvalue weighted by atomic mass is 10.1. The van der Waals surface area contributed by atoms with Gasteiger partial charge in [0.1, 0.15) is 0 Å². The highest BCUT2D eigenvalue weighted by Gasteiger charge is 2.15. The molecule has 8 nitrogen and oxygen atoms in total. The number of carboxylic acid groups (broad SMARTS) is 1. The number of rotatable bonds is 5. The monoisotopic (exact) mass is 354 g/mol. The van der Waals surface area contributed by atoms with Crippen molar-refractivity contribution in [3.05, 3.63) is 36.4 Å². The van der Waals surface area contributed by atoms with Crippen LogP contribution in [0.3, 0.4) is 0 Å². The quantitative estimate of drug-likeness (QED) is 0.644. The molecule has 1 amide bonds. The number of amides is 1. The van der Waals surface area contributed by atoms with Gasteiger partial charge in [-0.15, -0.1) is 0 Å². The fourth-order valence-corrected chi connectivity index (χ4v) is 2.66. The summed E-state index contributed by atoms with van der Waals surface area (Å²) in [5.41, 5.74) is 2.52. The Balaban J connectivity index is 2.25. The Morgan fingerprint density at radius 2 is 1.81 bits per heavy atom. The molecule has 2 aromatic carbocycles. The van der Waals surface area contributed by atoms with E-state index in [9.17, 15) is 4.79 Å². The summed E-state index contributed by atoms with van der Waals surface area (Å²) in [5, 5.41) is 15.0. The number of hydrogen-bond acceptors (Lipinski definition) is 6. The molecule has 0 fully saturated rings. The molecule has 1 aromatic heterocycles. The van der Waals surface area contributed by atoms with Gasteiger partial charge in [0.25, 0.3) is 0 Å². The van der Waals surface area contributed by atoms with Crippen molar-refractivity contribution in [3.63, 3.8) is 0 Å². The Morgan fingerprint density at radius 1 is 1.08 bits per heavy atom. The first-order chi connectivity index (χ1) is 12.5. The average Bonchev–Trinajstić information content (AvgIpc) is 2.65. The summed E-state index contributed by atoms with van der Waals surface area (Å²) in [5.74, 6) is 1.56. The molecule has 0 saturated heterocycles. The molecule has 0 aliphatic heterocycles. The zero-order chi connectivity index (χ0) is 18.7. The van der Waals surface area contributed by atoms with Gasteiger partial charge in [-0.05, 0) is 18.2 Å². The van der Waals surface area contributed by atoms with Crippen LogP contribution in [0.4, 0.5) is 16.4 Å². The summed E-state index contributed by atoms with van der Waals surface area (Å²) in [6, 6.07) is 10.6. The number of nitrogens with zero attached hydrogens (tertiary/aromatic N) is 2. The van der Waals surface area contributed by atoms with E-state index >= 15 is 0 Å². The van der Waals surface area contributed by atoms with E-state index in [4.69, 9.17) is 14.6 Å². The topological polar surface area (TPSA) is 106 Å². The number of methoxy groups -OCH3 is 2. The van der Waals surface area contributed by atoms with Gasteiger partial charge in [-0.2, -0.15) is 0 Å². The van der Waals surface area contributed by atoms with Crippen LogP contribution in [0.2, 0.25) is 0 Å². The standard InChI is InChI=1S/C18H18N4O4/c1-19-17-21-13-9-15(26-3)14(25-2)8-12(13)16(22-17)10-5-4-6-11(7-10)20-18(23)24/h4-9,20H,1-3H3,(H,23,24)(H,19,21,22). The highest BCUT2D eigenvalue weighted by atomic mass is 16.5. The Bertz CT molecular complexity index is 975. The molecule has 3 rings (SSSR count). The maximum atomic E-state index is 10.9. The zero-order valence-electron chi connectivity index (χ0n) is 14.5. The van der Waals surface area contributed by atoms with Gasteiger partial charge in [0, 0.05) is 29.8 Å². The van der Waals surface area contributed by atoms with Crippen molar-refractivity contribution in [1.82, 2.24) is 9.97 Å². The maximum Gasteiger partial charge on any atom is 0.409 e. The van der Waals surface area contributed by atoms with Gasteiger partial charge in [0.2, 0.25) is 5.95 Å². The van der Waals surface area contributed by atoms with Gasteiger partial charge in [0.05, 0.1) is 25.4 Å². The smallest absolute Gasteiger partial charge is 0.409 e. The number of benzene rings is 2. The molecule has 134 valence electrons. The van der Waals surface area contributed by atoms with Gasteiger partial charge in [-0.3, -0.25) is 5.32 Å². The normalized spacial score (nSPS) is 10.4. The summed E-state index contributed by atoms with van der Waals surface area (Å²) in [6.07, 6.45) is -1.13. The Kier molecular flexibility index (Phi) is 4.74. The summed E-state index contributed by atoms with van der Waals surface area (Å²) < 4.78 is 10.7. The molecule has 3 N–H and O–H groups in total. The Labute approximate surface area is 149 Å². The minimum Gasteiger partial charge on any atom is -0.493 e. The molecule has 0 unspecified atom stereocenters. The van der Waals surface area contributed by atoms with E-state index in [0.29, 0.717) is 34.3 Å². The van der Waals surface area contributed by atoms with Gasteiger partial charge in [-0.25, -0.2) is 14.8 Å². The van der Waals surface area contributed by atoms with Crippen LogP contribution in [-0.2, 0) is 0 Å². The summed E-state index contributed by atoms with van der Waals surface area (Å²) in [7, 11) is 4.85. The third-order valence-corrected chi connectivity index (χ3v) is 3.81. The van der Waals surface area contributed by atoms with Crippen molar-refractivity contribution in [2.45, 2.75) is 0 Å². The van der Waals surface area contributed by atoms with Crippen molar-refractivity contribution in [2.75, 3.05) is 31.9 Å². The molecule has 3 aromatic rings. The van der Waals surface area contributed by atoms with Crippen molar-refractivity contribution in [1.29, 1.82) is 0 Å². The lowest BCUT2D eigenvalue weighted by Gasteiger charge is -2.13. The van der Waals surface area contributed by atoms with Crippen LogP contribution < -0.4 is 20.1 Å². The molecule has 26 heavy (non-hydrogen) atoms. The van der Waals surface area contributed by atoms with Crippen LogP contribution in [-0.4, -0.2) is 42.4 Å². The molecular weight excluding hydrogens is 336 g/mol. The predicted molar refractivity (Wildman–Crippen MR) is 99.3 cm³/mol. The number of fused-ring (bicyclic) bond motifs is 1. The Hall–Kier alpha value is -3.55. The van der Waals surface area contributed by atoms with E-state index < -0.39 is 6.09 Å². The first-order valence-corrected chi connectivity index (χ1v) is 7.77. The first kappa shape index (κ1) is 17.3. The molecule has 0 atom stereocenters. The molecule has 0 spiro atoms. The maximum absolute atomic E-state index is 10.9. The zero-order valence-corrected chi connectivity index (χ0v) is 14.5. The number of hydrogen-bond donors (Lipinski definition) is 3. The van der Waals surface area contributed by atoms with Crippen molar-refractivity contribution < 1.29 is 19.4 Å². The van der Waals surface area contributed by atoms with Crippen molar-refractivity contribution in [2.24, 2.45) is 0 Å². The second kappa shape index (κ2) is 7.14. The van der Waals surface area contributed by atoms with Gasteiger partial charge < -0.3 is 19.9 Å². The second-order valence-corrected chi connectivity index (χ2v) is 5.38. The van der Waals surface area contributed by atoms with Crippen LogP contribution in [0, 0.1) is 0 Å². The molecule has 8 heteroatoms. The lowest BCUT2D eigenvalue weighted by Crippen LogP contribution is -2.07. The Morgan fingerprint density at radius 3 is 2.46 bits per heavy atom. The third kappa shape index (κ3) is 3.30. The van der Waals surface area contributed by atoms with Crippen molar-refractivity contribution in [3.8, 4) is 22.8 Å². The van der Waals surface area contributed by atoms with Crippen LogP contribution in [0.25, 0.3) is 22.2 Å². The first-order valence-electron chi connectivity index (χ1n) is 7.77. The second-order valence-electron chi connectivity index (χ2n) is 5.38. The summed E-state index contributed by atoms with van der Waals surface area (Å²) in [4.78, 5) is 19.9. The molecule has 0 bridgehead atoms. The van der Waals surface area contributed by atoms with E-state index in [1.54, 1.807) is 51.6 Å². The number of carbonyl (C=O) groups is 1. The minimum atomic E-state index is -1.13. The fourth-order valence-electron chi connectivity index (χ4n) is 2.66. The van der Waals surface area contributed by atoms with Crippen molar-refractivity contribution >= 4 is 28.6 Å². The summed E-state index contributed by atoms with van der Waals surface area (Å²) in [6.45, 7) is 0. The van der Waals surface area contributed by atoms with Crippen LogP contribution >= 0.6 is 0 Å². The summed E-state index contributed by atoms with van der Waals surface area (Å²) >= 11 is 0. The average molecular weight is 354 g/mol. The highest BCUT2D eigenvalue weighted by Crippen LogP contribution is 2.36. The van der Waals surface area contributed by atoms with Gasteiger partial charge in [0.15, 0.2) is 11.5 Å². The van der Waals surface area contributed by atoms with E-state index in [-0.39, 0.29) is 0 Å². The van der Waals surface area contributed by atoms with E-state index in [2.05, 4.69) is 20.6 Å².